The average molecular weight is 589 g/mol. The van der Waals surface area contributed by atoms with E-state index in [1.165, 1.54) is 12.8 Å². The van der Waals surface area contributed by atoms with Crippen molar-refractivity contribution in [1.82, 2.24) is 25.0 Å². The number of piperidine rings is 1. The van der Waals surface area contributed by atoms with Gasteiger partial charge in [0.1, 0.15) is 28.4 Å². The summed E-state index contributed by atoms with van der Waals surface area (Å²) in [6.45, 7) is 4.18. The molecule has 2 N–H and O–H groups in total. The van der Waals surface area contributed by atoms with Crippen molar-refractivity contribution in [2.24, 2.45) is 0 Å². The minimum atomic E-state index is 0. The van der Waals surface area contributed by atoms with E-state index in [1.54, 1.807) is 12.3 Å². The standard InChI is InChI=1S/C32H36N6O3.ClH/c1-22-20-26(40-25-9-4-3-5-10-25)14-15-27(22)41-28-16-17-33-31-30(28)32(36-35-31)34-23-8-6-19-38(21-23)29(39)11-7-18-37(2)24-12-13-24;/h3-5,7,9-11,14-17,20,23-24H,6,8,12-13,18-19,21H2,1-2H3,(H2,33,34,35,36);1H/t23-;/m1./s1. The van der Waals surface area contributed by atoms with Gasteiger partial charge in [-0.2, -0.15) is 5.10 Å². The number of nitrogens with zero attached hydrogens (tertiary/aromatic N) is 4. The van der Waals surface area contributed by atoms with Crippen molar-refractivity contribution in [3.8, 4) is 23.0 Å². The smallest absolute Gasteiger partial charge is 0.246 e. The molecule has 2 aliphatic rings. The highest BCUT2D eigenvalue weighted by atomic mass is 35.5. The second-order valence-electron chi connectivity index (χ2n) is 10.9. The highest BCUT2D eigenvalue weighted by molar-refractivity contribution is 5.93. The van der Waals surface area contributed by atoms with Crippen LogP contribution in [0.3, 0.4) is 0 Å². The van der Waals surface area contributed by atoms with Crippen molar-refractivity contribution in [1.29, 1.82) is 0 Å². The molecule has 10 heteroatoms. The van der Waals surface area contributed by atoms with Crippen LogP contribution < -0.4 is 14.8 Å². The number of likely N-dealkylation sites (N-methyl/N-ethyl adjacent to an activating group) is 1. The zero-order valence-corrected chi connectivity index (χ0v) is 24.8. The fraction of sp³-hybridized carbons (Fsp3) is 0.344. The number of pyridine rings is 1. The number of ether oxygens (including phenoxy) is 2. The SMILES string of the molecule is Cc1cc(Oc2ccccc2)ccc1Oc1ccnc2[nH]nc(N[C@@H]3CCCN(C(=O)C=CCN(C)C4CC4)C3)c12.Cl. The number of benzene rings is 2. The molecular formula is C32H37ClN6O3. The first-order chi connectivity index (χ1) is 20.0. The Morgan fingerprint density at radius 1 is 1.10 bits per heavy atom. The van der Waals surface area contributed by atoms with Crippen LogP contribution in [-0.4, -0.2) is 69.7 Å². The number of hydrogen-bond donors (Lipinski definition) is 2. The maximum Gasteiger partial charge on any atom is 0.246 e. The predicted octanol–water partition coefficient (Wildman–Crippen LogP) is 6.33. The highest BCUT2D eigenvalue weighted by Crippen LogP contribution is 2.36. The van der Waals surface area contributed by atoms with Crippen LogP contribution in [0.1, 0.15) is 31.2 Å². The second-order valence-corrected chi connectivity index (χ2v) is 10.9. The quantitative estimate of drug-likeness (QED) is 0.209. The summed E-state index contributed by atoms with van der Waals surface area (Å²) in [5, 5.41) is 11.9. The summed E-state index contributed by atoms with van der Waals surface area (Å²) in [5.41, 5.74) is 1.58. The normalized spacial score (nSPS) is 16.9. The number of anilines is 1. The molecule has 0 bridgehead atoms. The lowest BCUT2D eigenvalue weighted by atomic mass is 10.1. The second kappa shape index (κ2) is 13.3. The summed E-state index contributed by atoms with van der Waals surface area (Å²) < 4.78 is 12.4. The molecule has 4 aromatic rings. The molecule has 0 unspecified atom stereocenters. The average Bonchev–Trinajstić information content (AvgIpc) is 3.76. The first kappa shape index (κ1) is 29.4. The zero-order valence-electron chi connectivity index (χ0n) is 24.0. The van der Waals surface area contributed by atoms with Gasteiger partial charge in [0.05, 0.1) is 0 Å². The molecule has 2 aromatic carbocycles. The fourth-order valence-corrected chi connectivity index (χ4v) is 5.23. The molecule has 1 amide bonds. The number of aryl methyl sites for hydroxylation is 1. The van der Waals surface area contributed by atoms with Gasteiger partial charge in [-0.1, -0.05) is 24.3 Å². The summed E-state index contributed by atoms with van der Waals surface area (Å²) in [6, 6.07) is 18.1. The third kappa shape index (κ3) is 7.03. The number of amides is 1. The van der Waals surface area contributed by atoms with Gasteiger partial charge in [-0.15, -0.1) is 12.4 Å². The fourth-order valence-electron chi connectivity index (χ4n) is 5.23. The molecule has 1 atom stereocenters. The molecule has 0 spiro atoms. The Morgan fingerprint density at radius 2 is 1.93 bits per heavy atom. The molecule has 1 saturated carbocycles. The maximum atomic E-state index is 12.9. The monoisotopic (exact) mass is 588 g/mol. The summed E-state index contributed by atoms with van der Waals surface area (Å²) in [6.07, 6.45) is 9.81. The lowest BCUT2D eigenvalue weighted by molar-refractivity contribution is -0.127. The summed E-state index contributed by atoms with van der Waals surface area (Å²) in [5.74, 6) is 3.63. The van der Waals surface area contributed by atoms with E-state index in [-0.39, 0.29) is 24.4 Å². The van der Waals surface area contributed by atoms with E-state index in [9.17, 15) is 4.79 Å². The predicted molar refractivity (Wildman–Crippen MR) is 167 cm³/mol. The van der Waals surface area contributed by atoms with E-state index in [1.807, 2.05) is 72.5 Å². The number of H-pyrrole nitrogens is 1. The molecule has 1 aliphatic heterocycles. The topological polar surface area (TPSA) is 95.6 Å². The van der Waals surface area contributed by atoms with Gasteiger partial charge in [-0.25, -0.2) is 4.98 Å². The number of rotatable bonds is 10. The lowest BCUT2D eigenvalue weighted by Crippen LogP contribution is -2.44. The number of carbonyl (C=O) groups is 1. The molecular weight excluding hydrogens is 552 g/mol. The number of aromatic nitrogens is 3. The highest BCUT2D eigenvalue weighted by Gasteiger charge is 2.26. The molecule has 1 aliphatic carbocycles. The molecule has 2 fully saturated rings. The van der Waals surface area contributed by atoms with Crippen molar-refractivity contribution in [3.05, 3.63) is 78.5 Å². The van der Waals surface area contributed by atoms with Gasteiger partial charge in [0, 0.05) is 50.1 Å². The van der Waals surface area contributed by atoms with Gasteiger partial charge in [0.25, 0.3) is 0 Å². The summed E-state index contributed by atoms with van der Waals surface area (Å²) in [7, 11) is 2.12. The third-order valence-electron chi connectivity index (χ3n) is 7.67. The third-order valence-corrected chi connectivity index (χ3v) is 7.67. The number of para-hydroxylation sites is 1. The molecule has 0 radical (unpaired) electrons. The van der Waals surface area contributed by atoms with Gasteiger partial charge in [-0.05, 0) is 75.5 Å². The Balaban J connectivity index is 0.00000353. The van der Waals surface area contributed by atoms with Gasteiger partial charge in [0.15, 0.2) is 11.5 Å². The van der Waals surface area contributed by atoms with Crippen molar-refractivity contribution < 1.29 is 14.3 Å². The van der Waals surface area contributed by atoms with E-state index in [2.05, 4.69) is 32.4 Å². The van der Waals surface area contributed by atoms with Crippen LogP contribution in [0.2, 0.25) is 0 Å². The minimum absolute atomic E-state index is 0. The van der Waals surface area contributed by atoms with E-state index in [4.69, 9.17) is 9.47 Å². The lowest BCUT2D eigenvalue weighted by Gasteiger charge is -2.32. The molecule has 42 heavy (non-hydrogen) atoms. The molecule has 9 nitrogen and oxygen atoms in total. The Morgan fingerprint density at radius 3 is 2.71 bits per heavy atom. The number of aromatic amines is 1. The van der Waals surface area contributed by atoms with Crippen molar-refractivity contribution in [3.63, 3.8) is 0 Å². The Bertz CT molecular complexity index is 1540. The van der Waals surface area contributed by atoms with Crippen LogP contribution in [0.25, 0.3) is 11.0 Å². The van der Waals surface area contributed by atoms with Crippen LogP contribution in [0, 0.1) is 6.92 Å². The van der Waals surface area contributed by atoms with Gasteiger partial charge in [0.2, 0.25) is 5.91 Å². The van der Waals surface area contributed by atoms with Crippen LogP contribution in [0.5, 0.6) is 23.0 Å². The number of nitrogens with one attached hydrogen (secondary N) is 2. The Labute approximate surface area is 252 Å². The minimum Gasteiger partial charge on any atom is -0.457 e. The first-order valence-corrected chi connectivity index (χ1v) is 14.3. The molecule has 3 heterocycles. The molecule has 1 saturated heterocycles. The summed E-state index contributed by atoms with van der Waals surface area (Å²) >= 11 is 0. The van der Waals surface area contributed by atoms with Crippen molar-refractivity contribution in [2.75, 3.05) is 32.0 Å². The van der Waals surface area contributed by atoms with Crippen LogP contribution in [0.4, 0.5) is 5.82 Å². The number of carbonyl (C=O) groups excluding carboxylic acids is 1. The molecule has 2 aromatic heterocycles. The van der Waals surface area contributed by atoms with Crippen LogP contribution >= 0.6 is 12.4 Å². The summed E-state index contributed by atoms with van der Waals surface area (Å²) in [4.78, 5) is 21.5. The first-order valence-electron chi connectivity index (χ1n) is 14.3. The van der Waals surface area contributed by atoms with E-state index >= 15 is 0 Å². The molecule has 220 valence electrons. The number of hydrogen-bond acceptors (Lipinski definition) is 7. The number of likely N-dealkylation sites (tertiary alicyclic amines) is 1. The number of halogens is 1. The van der Waals surface area contributed by atoms with Crippen LogP contribution in [0.15, 0.2) is 72.9 Å². The van der Waals surface area contributed by atoms with E-state index in [0.29, 0.717) is 29.8 Å². The zero-order chi connectivity index (χ0) is 28.2. The Hall–Kier alpha value is -4.08. The maximum absolute atomic E-state index is 12.9. The van der Waals surface area contributed by atoms with Crippen molar-refractivity contribution >= 4 is 35.2 Å². The van der Waals surface area contributed by atoms with Gasteiger partial charge in [-0.3, -0.25) is 14.8 Å². The van der Waals surface area contributed by atoms with E-state index in [0.717, 1.165) is 54.1 Å². The van der Waals surface area contributed by atoms with Gasteiger partial charge >= 0.3 is 0 Å². The van der Waals surface area contributed by atoms with E-state index < -0.39 is 0 Å². The van der Waals surface area contributed by atoms with Crippen molar-refractivity contribution in [2.45, 2.75) is 44.7 Å². The van der Waals surface area contributed by atoms with Gasteiger partial charge < -0.3 is 19.7 Å². The Kier molecular flexibility index (Phi) is 9.29. The van der Waals surface area contributed by atoms with Crippen LogP contribution in [-0.2, 0) is 4.79 Å². The number of fused-ring (bicyclic) bond motifs is 1. The largest absolute Gasteiger partial charge is 0.457 e. The molecule has 6 rings (SSSR count).